The summed E-state index contributed by atoms with van der Waals surface area (Å²) in [7, 11) is 0. The number of benzene rings is 1. The van der Waals surface area contributed by atoms with Crippen molar-refractivity contribution in [2.45, 2.75) is 13.3 Å². The van der Waals surface area contributed by atoms with Gasteiger partial charge in [-0.25, -0.2) is 0 Å². The molecule has 0 aliphatic carbocycles. The van der Waals surface area contributed by atoms with Crippen molar-refractivity contribution in [3.63, 3.8) is 0 Å². The second kappa shape index (κ2) is 5.39. The highest BCUT2D eigenvalue weighted by Gasteiger charge is 2.23. The molecule has 14 heavy (non-hydrogen) atoms. The Hall–Kier alpha value is 0.280. The van der Waals surface area contributed by atoms with Crippen molar-refractivity contribution in [3.8, 4) is 0 Å². The Kier molecular flexibility index (Phi) is 4.75. The number of hydrogen-bond acceptors (Lipinski definition) is 0. The van der Waals surface area contributed by atoms with Crippen molar-refractivity contribution >= 4 is 39.1 Å². The van der Waals surface area contributed by atoms with Gasteiger partial charge in [0.1, 0.15) is 0 Å². The number of hydrogen-bond donors (Lipinski definition) is 0. The molecule has 1 aromatic carbocycles. The van der Waals surface area contributed by atoms with E-state index in [4.69, 9.17) is 23.2 Å². The summed E-state index contributed by atoms with van der Waals surface area (Å²) in [4.78, 5) is 0. The zero-order valence-electron chi connectivity index (χ0n) is 8.06. The van der Waals surface area contributed by atoms with Gasteiger partial charge in [-0.3, -0.25) is 0 Å². The molecule has 0 aliphatic heterocycles. The van der Waals surface area contributed by atoms with Crippen molar-refractivity contribution in [1.29, 1.82) is 0 Å². The van der Waals surface area contributed by atoms with Gasteiger partial charge in [0.15, 0.2) is 0 Å². The quantitative estimate of drug-likeness (QED) is 0.719. The van der Waals surface area contributed by atoms with E-state index in [1.807, 2.05) is 18.2 Å². The van der Waals surface area contributed by atoms with Crippen molar-refractivity contribution in [2.75, 3.05) is 11.8 Å². The van der Waals surface area contributed by atoms with Crippen LogP contribution in [0.25, 0.3) is 0 Å². The largest absolute Gasteiger partial charge is 0.126 e. The van der Waals surface area contributed by atoms with Gasteiger partial charge in [-0.15, -0.1) is 23.2 Å². The summed E-state index contributed by atoms with van der Waals surface area (Å²) in [6.07, 6.45) is 0.904. The monoisotopic (exact) mass is 294 g/mol. The first-order chi connectivity index (χ1) is 6.61. The molecule has 0 saturated heterocycles. The van der Waals surface area contributed by atoms with Gasteiger partial charge in [0.05, 0.1) is 0 Å². The highest BCUT2D eigenvalue weighted by atomic mass is 79.9. The fourth-order valence-electron chi connectivity index (χ4n) is 1.23. The second-order valence-corrected chi connectivity index (χ2v) is 5.23. The van der Waals surface area contributed by atoms with Crippen LogP contribution in [0.3, 0.4) is 0 Å². The first-order valence-corrected chi connectivity index (χ1v) is 6.33. The smallest absolute Gasteiger partial charge is 0.0291 e. The van der Waals surface area contributed by atoms with E-state index in [0.29, 0.717) is 11.8 Å². The van der Waals surface area contributed by atoms with Gasteiger partial charge in [0.2, 0.25) is 0 Å². The summed E-state index contributed by atoms with van der Waals surface area (Å²) >= 11 is 15.3. The molecular formula is C11H13BrCl2. The van der Waals surface area contributed by atoms with Crippen molar-refractivity contribution < 1.29 is 0 Å². The molecule has 78 valence electrons. The van der Waals surface area contributed by atoms with Crippen molar-refractivity contribution in [2.24, 2.45) is 5.41 Å². The van der Waals surface area contributed by atoms with Gasteiger partial charge >= 0.3 is 0 Å². The SMILES string of the molecule is CC(CCl)(CCl)Cc1ccccc1Br. The van der Waals surface area contributed by atoms with E-state index in [2.05, 4.69) is 28.9 Å². The van der Waals surface area contributed by atoms with Crippen LogP contribution in [-0.2, 0) is 6.42 Å². The third-order valence-electron chi connectivity index (χ3n) is 2.22. The summed E-state index contributed by atoms with van der Waals surface area (Å²) < 4.78 is 1.13. The Balaban J connectivity index is 2.82. The highest BCUT2D eigenvalue weighted by molar-refractivity contribution is 9.10. The van der Waals surface area contributed by atoms with Crippen molar-refractivity contribution in [1.82, 2.24) is 0 Å². The Morgan fingerprint density at radius 3 is 2.29 bits per heavy atom. The van der Waals surface area contributed by atoms with E-state index in [-0.39, 0.29) is 5.41 Å². The van der Waals surface area contributed by atoms with Gasteiger partial charge < -0.3 is 0 Å². The van der Waals surface area contributed by atoms with E-state index >= 15 is 0 Å². The molecule has 0 nitrogen and oxygen atoms in total. The molecule has 0 radical (unpaired) electrons. The second-order valence-electron chi connectivity index (χ2n) is 3.85. The maximum Gasteiger partial charge on any atom is 0.0291 e. The van der Waals surface area contributed by atoms with Gasteiger partial charge in [0.25, 0.3) is 0 Å². The zero-order valence-corrected chi connectivity index (χ0v) is 11.2. The van der Waals surface area contributed by atoms with Crippen LogP contribution in [0.4, 0.5) is 0 Å². The molecule has 1 rings (SSSR count). The molecule has 0 N–H and O–H groups in total. The third kappa shape index (κ3) is 3.15. The Morgan fingerprint density at radius 2 is 1.79 bits per heavy atom. The molecule has 0 amide bonds. The van der Waals surface area contributed by atoms with E-state index in [1.165, 1.54) is 5.56 Å². The molecule has 0 spiro atoms. The van der Waals surface area contributed by atoms with Gasteiger partial charge in [-0.2, -0.15) is 0 Å². The highest BCUT2D eigenvalue weighted by Crippen LogP contribution is 2.29. The summed E-state index contributed by atoms with van der Waals surface area (Å²) in [5, 5.41) is 0. The summed E-state index contributed by atoms with van der Waals surface area (Å²) in [5.41, 5.74) is 1.24. The number of rotatable bonds is 4. The Bertz CT molecular complexity index is 295. The van der Waals surface area contributed by atoms with E-state index < -0.39 is 0 Å². The van der Waals surface area contributed by atoms with E-state index in [9.17, 15) is 0 Å². The maximum absolute atomic E-state index is 5.91. The molecule has 0 fully saturated rings. The van der Waals surface area contributed by atoms with Gasteiger partial charge in [-0.05, 0) is 23.5 Å². The molecule has 0 bridgehead atoms. The molecule has 0 saturated carbocycles. The van der Waals surface area contributed by atoms with Crippen LogP contribution in [0.2, 0.25) is 0 Å². The Labute approximate surface area is 104 Å². The zero-order chi connectivity index (χ0) is 10.6. The summed E-state index contributed by atoms with van der Waals surface area (Å²) in [6.45, 7) is 2.10. The lowest BCUT2D eigenvalue weighted by molar-refractivity contribution is 0.424. The average molecular weight is 296 g/mol. The topological polar surface area (TPSA) is 0 Å². The van der Waals surface area contributed by atoms with Gasteiger partial charge in [0, 0.05) is 16.2 Å². The van der Waals surface area contributed by atoms with Crippen LogP contribution in [-0.4, -0.2) is 11.8 Å². The predicted octanol–water partition coefficient (Wildman–Crippen LogP) is 4.48. The fraction of sp³-hybridized carbons (Fsp3) is 0.455. The van der Waals surface area contributed by atoms with E-state index in [1.54, 1.807) is 0 Å². The van der Waals surface area contributed by atoms with Gasteiger partial charge in [-0.1, -0.05) is 41.1 Å². The molecule has 0 atom stereocenters. The van der Waals surface area contributed by atoms with Crippen LogP contribution >= 0.6 is 39.1 Å². The molecule has 0 heterocycles. The molecule has 0 aromatic heterocycles. The lowest BCUT2D eigenvalue weighted by Gasteiger charge is -2.24. The Morgan fingerprint density at radius 1 is 1.21 bits per heavy atom. The normalized spacial score (nSPS) is 11.7. The van der Waals surface area contributed by atoms with Crippen LogP contribution in [0.15, 0.2) is 28.7 Å². The van der Waals surface area contributed by atoms with Crippen LogP contribution in [0.5, 0.6) is 0 Å². The first kappa shape index (κ1) is 12.4. The minimum Gasteiger partial charge on any atom is -0.126 e. The average Bonchev–Trinajstić information content (AvgIpc) is 2.21. The minimum atomic E-state index is -0.0208. The standard InChI is InChI=1S/C11H13BrCl2/c1-11(7-13,8-14)6-9-4-2-3-5-10(9)12/h2-5H,6-8H2,1H3. The molecule has 0 unspecified atom stereocenters. The lowest BCUT2D eigenvalue weighted by Crippen LogP contribution is -2.23. The first-order valence-electron chi connectivity index (χ1n) is 4.47. The minimum absolute atomic E-state index is 0.0208. The fourth-order valence-corrected chi connectivity index (χ4v) is 2.13. The molecule has 1 aromatic rings. The van der Waals surface area contributed by atoms with Crippen molar-refractivity contribution in [3.05, 3.63) is 34.3 Å². The molecular weight excluding hydrogens is 283 g/mol. The number of halogens is 3. The summed E-state index contributed by atoms with van der Waals surface area (Å²) in [6, 6.07) is 8.18. The summed E-state index contributed by atoms with van der Waals surface area (Å²) in [5.74, 6) is 1.16. The third-order valence-corrected chi connectivity index (χ3v) is 4.28. The van der Waals surface area contributed by atoms with Crippen LogP contribution in [0, 0.1) is 5.41 Å². The van der Waals surface area contributed by atoms with E-state index in [0.717, 1.165) is 10.9 Å². The number of alkyl halides is 2. The lowest BCUT2D eigenvalue weighted by atomic mass is 9.88. The molecule has 3 heteroatoms. The molecule has 0 aliphatic rings. The predicted molar refractivity (Wildman–Crippen MR) is 67.4 cm³/mol. The van der Waals surface area contributed by atoms with Crippen LogP contribution in [0.1, 0.15) is 12.5 Å². The van der Waals surface area contributed by atoms with Crippen LogP contribution < -0.4 is 0 Å². The maximum atomic E-state index is 5.91.